The van der Waals surface area contributed by atoms with Gasteiger partial charge in [0.25, 0.3) is 5.91 Å². The molecule has 1 saturated heterocycles. The number of ether oxygens (including phenoxy) is 1. The molecule has 0 bridgehead atoms. The Bertz CT molecular complexity index is 649. The van der Waals surface area contributed by atoms with E-state index in [4.69, 9.17) is 4.74 Å². The molecule has 1 fully saturated rings. The van der Waals surface area contributed by atoms with Gasteiger partial charge in [0.1, 0.15) is 0 Å². The topological polar surface area (TPSA) is 46.6 Å². The summed E-state index contributed by atoms with van der Waals surface area (Å²) < 4.78 is 5.19. The predicted molar refractivity (Wildman–Crippen MR) is 74.3 cm³/mol. The summed E-state index contributed by atoms with van der Waals surface area (Å²) in [5, 5.41) is 0. The van der Waals surface area contributed by atoms with Crippen LogP contribution in [0.1, 0.15) is 17.2 Å². The highest BCUT2D eigenvalue weighted by Gasteiger charge is 2.42. The van der Waals surface area contributed by atoms with Gasteiger partial charge in [-0.2, -0.15) is 0 Å². The van der Waals surface area contributed by atoms with Gasteiger partial charge in [0.05, 0.1) is 5.69 Å². The smallest absolute Gasteiger partial charge is 0.422 e. The number of carbonyl (C=O) groups is 2. The van der Waals surface area contributed by atoms with Crippen molar-refractivity contribution in [1.29, 1.82) is 0 Å². The number of hydrogen-bond donors (Lipinski definition) is 0. The molecule has 1 aliphatic rings. The number of benzene rings is 2. The van der Waals surface area contributed by atoms with Gasteiger partial charge in [0, 0.05) is 5.56 Å². The van der Waals surface area contributed by atoms with Crippen LogP contribution in [-0.4, -0.2) is 12.0 Å². The minimum Gasteiger partial charge on any atom is -0.430 e. The van der Waals surface area contributed by atoms with Crippen LogP contribution >= 0.6 is 0 Å². The number of amides is 2. The van der Waals surface area contributed by atoms with Crippen molar-refractivity contribution in [2.75, 3.05) is 4.90 Å². The maximum absolute atomic E-state index is 12.4. The van der Waals surface area contributed by atoms with E-state index in [1.807, 2.05) is 37.3 Å². The Morgan fingerprint density at radius 3 is 2.25 bits per heavy atom. The van der Waals surface area contributed by atoms with E-state index in [9.17, 15) is 9.59 Å². The number of nitrogens with zero attached hydrogens (tertiary/aromatic N) is 1. The Kier molecular flexibility index (Phi) is 2.99. The number of cyclic esters (lactones) is 1. The zero-order valence-corrected chi connectivity index (χ0v) is 10.9. The molecule has 4 heteroatoms. The van der Waals surface area contributed by atoms with Crippen LogP contribution in [0.5, 0.6) is 0 Å². The van der Waals surface area contributed by atoms with Gasteiger partial charge in [-0.1, -0.05) is 48.0 Å². The monoisotopic (exact) mass is 267 g/mol. The van der Waals surface area contributed by atoms with Gasteiger partial charge in [-0.3, -0.25) is 4.79 Å². The number of anilines is 1. The zero-order chi connectivity index (χ0) is 14.1. The summed E-state index contributed by atoms with van der Waals surface area (Å²) in [6.07, 6.45) is -1.49. The Labute approximate surface area is 116 Å². The first kappa shape index (κ1) is 12.4. The second kappa shape index (κ2) is 4.81. The number of hydrogen-bond acceptors (Lipinski definition) is 3. The standard InChI is InChI=1S/C16H13NO3/c1-11-7-9-13(10-8-11)17-15(18)14(20-16(17)19)12-5-3-2-4-6-12/h2-10,14H,1H3. The van der Waals surface area contributed by atoms with Gasteiger partial charge in [-0.15, -0.1) is 0 Å². The number of rotatable bonds is 2. The zero-order valence-electron chi connectivity index (χ0n) is 10.9. The summed E-state index contributed by atoms with van der Waals surface area (Å²) in [6.45, 7) is 1.95. The van der Waals surface area contributed by atoms with Crippen molar-refractivity contribution in [3.05, 3.63) is 65.7 Å². The van der Waals surface area contributed by atoms with Crippen LogP contribution in [0.4, 0.5) is 10.5 Å². The molecule has 0 radical (unpaired) electrons. The third-order valence-corrected chi connectivity index (χ3v) is 3.24. The third kappa shape index (κ3) is 2.05. The van der Waals surface area contributed by atoms with Crippen LogP contribution in [0.2, 0.25) is 0 Å². The van der Waals surface area contributed by atoms with Crippen molar-refractivity contribution in [2.45, 2.75) is 13.0 Å². The normalized spacial score (nSPS) is 18.2. The predicted octanol–water partition coefficient (Wildman–Crippen LogP) is 3.22. The molecule has 0 N–H and O–H groups in total. The van der Waals surface area contributed by atoms with Gasteiger partial charge < -0.3 is 4.74 Å². The summed E-state index contributed by atoms with van der Waals surface area (Å²) in [6, 6.07) is 16.2. The fourth-order valence-electron chi connectivity index (χ4n) is 2.18. The number of aryl methyl sites for hydroxylation is 1. The van der Waals surface area contributed by atoms with Crippen LogP contribution in [0, 0.1) is 6.92 Å². The Balaban J connectivity index is 1.93. The van der Waals surface area contributed by atoms with Crippen molar-refractivity contribution >= 4 is 17.7 Å². The second-order valence-corrected chi connectivity index (χ2v) is 4.68. The molecule has 1 heterocycles. The highest BCUT2D eigenvalue weighted by molar-refractivity contribution is 6.18. The molecule has 0 saturated carbocycles. The summed E-state index contributed by atoms with van der Waals surface area (Å²) in [5.74, 6) is -0.356. The molecule has 0 spiro atoms. The third-order valence-electron chi connectivity index (χ3n) is 3.24. The van der Waals surface area contributed by atoms with Crippen molar-refractivity contribution in [2.24, 2.45) is 0 Å². The molecule has 2 aromatic rings. The molecule has 4 nitrogen and oxygen atoms in total. The first-order chi connectivity index (χ1) is 9.66. The minimum absolute atomic E-state index is 0.356. The molecule has 100 valence electrons. The quantitative estimate of drug-likeness (QED) is 0.839. The molecule has 20 heavy (non-hydrogen) atoms. The van der Waals surface area contributed by atoms with Gasteiger partial charge in [-0.05, 0) is 19.1 Å². The van der Waals surface area contributed by atoms with Gasteiger partial charge >= 0.3 is 6.09 Å². The van der Waals surface area contributed by atoms with E-state index in [1.165, 1.54) is 0 Å². The van der Waals surface area contributed by atoms with Gasteiger partial charge in [0.15, 0.2) is 0 Å². The van der Waals surface area contributed by atoms with Crippen LogP contribution < -0.4 is 4.90 Å². The SMILES string of the molecule is Cc1ccc(N2C(=O)OC(c3ccccc3)C2=O)cc1. The number of carbonyl (C=O) groups excluding carboxylic acids is 2. The molecule has 0 aromatic heterocycles. The molecule has 0 aliphatic carbocycles. The molecule has 2 amide bonds. The minimum atomic E-state index is -0.856. The van der Waals surface area contributed by atoms with Crippen molar-refractivity contribution in [1.82, 2.24) is 0 Å². The van der Waals surface area contributed by atoms with Crippen LogP contribution in [0.25, 0.3) is 0 Å². The average Bonchev–Trinajstić information content (AvgIpc) is 2.76. The molecule has 1 aliphatic heterocycles. The highest BCUT2D eigenvalue weighted by Crippen LogP contribution is 2.31. The molecule has 1 unspecified atom stereocenters. The van der Waals surface area contributed by atoms with Gasteiger partial charge in [-0.25, -0.2) is 9.69 Å². The fraction of sp³-hybridized carbons (Fsp3) is 0.125. The maximum atomic E-state index is 12.4. The van der Waals surface area contributed by atoms with E-state index in [0.29, 0.717) is 11.3 Å². The van der Waals surface area contributed by atoms with Gasteiger partial charge in [0.2, 0.25) is 6.10 Å². The Morgan fingerprint density at radius 1 is 0.950 bits per heavy atom. The summed E-state index contributed by atoms with van der Waals surface area (Å²) in [5.41, 5.74) is 2.28. The van der Waals surface area contributed by atoms with Crippen molar-refractivity contribution < 1.29 is 14.3 Å². The highest BCUT2D eigenvalue weighted by atomic mass is 16.6. The molecule has 1 atom stereocenters. The van der Waals surface area contributed by atoms with Crippen molar-refractivity contribution in [3.8, 4) is 0 Å². The second-order valence-electron chi connectivity index (χ2n) is 4.68. The summed E-state index contributed by atoms with van der Waals surface area (Å²) >= 11 is 0. The number of imide groups is 1. The Morgan fingerprint density at radius 2 is 1.60 bits per heavy atom. The molecular formula is C16H13NO3. The van der Waals surface area contributed by atoms with E-state index in [1.54, 1.807) is 24.3 Å². The first-order valence-corrected chi connectivity index (χ1v) is 6.33. The van der Waals surface area contributed by atoms with E-state index in [2.05, 4.69) is 0 Å². The van der Waals surface area contributed by atoms with Crippen molar-refractivity contribution in [3.63, 3.8) is 0 Å². The molecule has 2 aromatic carbocycles. The largest absolute Gasteiger partial charge is 0.430 e. The van der Waals surface area contributed by atoms with Crippen LogP contribution in [0.15, 0.2) is 54.6 Å². The van der Waals surface area contributed by atoms with Crippen LogP contribution in [-0.2, 0) is 9.53 Å². The summed E-state index contributed by atoms with van der Waals surface area (Å²) in [4.78, 5) is 25.4. The van der Waals surface area contributed by atoms with Crippen LogP contribution in [0.3, 0.4) is 0 Å². The van der Waals surface area contributed by atoms with E-state index in [-0.39, 0.29) is 5.91 Å². The van der Waals surface area contributed by atoms with E-state index in [0.717, 1.165) is 10.5 Å². The lowest BCUT2D eigenvalue weighted by Crippen LogP contribution is -2.29. The summed E-state index contributed by atoms with van der Waals surface area (Å²) in [7, 11) is 0. The molecular weight excluding hydrogens is 254 g/mol. The molecule has 3 rings (SSSR count). The lowest BCUT2D eigenvalue weighted by Gasteiger charge is -2.11. The fourth-order valence-corrected chi connectivity index (χ4v) is 2.18. The van der Waals surface area contributed by atoms with E-state index >= 15 is 0 Å². The lowest BCUT2D eigenvalue weighted by atomic mass is 10.1. The first-order valence-electron chi connectivity index (χ1n) is 6.33. The Hall–Kier alpha value is -2.62. The average molecular weight is 267 g/mol. The maximum Gasteiger partial charge on any atom is 0.422 e. The lowest BCUT2D eigenvalue weighted by molar-refractivity contribution is -0.122. The van der Waals surface area contributed by atoms with E-state index < -0.39 is 12.2 Å².